The number of nitrogens with one attached hydrogen (secondary N) is 2. The monoisotopic (exact) mass is 568 g/mol. The van der Waals surface area contributed by atoms with Crippen LogP contribution in [0.2, 0.25) is 0 Å². The number of ether oxygens (including phenoxy) is 1. The normalized spacial score (nSPS) is 18.2. The molecule has 2 aliphatic heterocycles. The Morgan fingerprint density at radius 2 is 1.73 bits per heavy atom. The number of hydrogen-bond acceptors (Lipinski definition) is 4. The lowest BCUT2D eigenvalue weighted by Gasteiger charge is -2.44. The van der Waals surface area contributed by atoms with Gasteiger partial charge in [-0.25, -0.2) is 18.0 Å². The van der Waals surface area contributed by atoms with E-state index in [1.54, 1.807) is 4.90 Å². The summed E-state index contributed by atoms with van der Waals surface area (Å²) in [5.41, 5.74) is 2.59. The SMILES string of the molecule is COC(=O)NCC(C1CCN(C(=O)C=Cc2cc(F)c(F)c(F)c2)CC1)N1CCC(c2c[nH]c3ccccc23)CC1. The van der Waals surface area contributed by atoms with Crippen molar-refractivity contribution >= 4 is 29.0 Å². The summed E-state index contributed by atoms with van der Waals surface area (Å²) in [7, 11) is 1.35. The van der Waals surface area contributed by atoms with E-state index in [9.17, 15) is 22.8 Å². The highest BCUT2D eigenvalue weighted by Crippen LogP contribution is 2.35. The molecule has 0 radical (unpaired) electrons. The molecule has 2 aromatic carbocycles. The Bertz CT molecular complexity index is 1390. The van der Waals surface area contributed by atoms with Crippen LogP contribution >= 0.6 is 0 Å². The molecule has 10 heteroatoms. The summed E-state index contributed by atoms with van der Waals surface area (Å²) in [4.78, 5) is 32.2. The number of methoxy groups -OCH3 is 1. The first-order chi connectivity index (χ1) is 19.8. The number of piperidine rings is 2. The molecule has 1 aromatic heterocycles. The van der Waals surface area contributed by atoms with Gasteiger partial charge < -0.3 is 19.9 Å². The molecular formula is C31H35F3N4O3. The number of aromatic nitrogens is 1. The van der Waals surface area contributed by atoms with Gasteiger partial charge in [0.25, 0.3) is 0 Å². The quantitative estimate of drug-likeness (QED) is 0.294. The summed E-state index contributed by atoms with van der Waals surface area (Å²) in [6.07, 6.45) is 7.78. The van der Waals surface area contributed by atoms with E-state index in [4.69, 9.17) is 4.74 Å². The second-order valence-corrected chi connectivity index (χ2v) is 10.8. The topological polar surface area (TPSA) is 77.7 Å². The maximum atomic E-state index is 13.5. The number of para-hydroxylation sites is 1. The van der Waals surface area contributed by atoms with E-state index >= 15 is 0 Å². The Kier molecular flexibility index (Phi) is 8.97. The number of carbonyl (C=O) groups excluding carboxylic acids is 2. The number of halogens is 3. The Labute approximate surface area is 237 Å². The Morgan fingerprint density at radius 1 is 1.05 bits per heavy atom. The van der Waals surface area contributed by atoms with Gasteiger partial charge in [0.2, 0.25) is 5.91 Å². The third kappa shape index (κ3) is 6.59. The van der Waals surface area contributed by atoms with E-state index in [0.29, 0.717) is 25.6 Å². The number of H-pyrrole nitrogens is 1. The second kappa shape index (κ2) is 12.8. The number of benzene rings is 2. The molecule has 2 aliphatic rings. The standard InChI is InChI=1S/C31H35F3N4O3/c1-41-31(40)36-19-28(37-12-8-21(9-13-37)24-18-35-27-5-3-2-4-23(24)27)22-10-14-38(15-11-22)29(39)7-6-20-16-25(32)30(34)26(33)17-20/h2-7,16-18,21-22,28,35H,8-15,19H2,1H3,(H,36,40). The van der Waals surface area contributed by atoms with Crippen LogP contribution in [-0.4, -0.2) is 72.7 Å². The van der Waals surface area contributed by atoms with Gasteiger partial charge in [-0.15, -0.1) is 0 Å². The third-order valence-corrected chi connectivity index (χ3v) is 8.52. The summed E-state index contributed by atoms with van der Waals surface area (Å²) in [6, 6.07) is 10.2. The summed E-state index contributed by atoms with van der Waals surface area (Å²) < 4.78 is 45.0. The van der Waals surface area contributed by atoms with Gasteiger partial charge in [0.15, 0.2) is 17.5 Å². The fraction of sp³-hybridized carbons (Fsp3) is 0.419. The van der Waals surface area contributed by atoms with Gasteiger partial charge in [0.1, 0.15) is 0 Å². The van der Waals surface area contributed by atoms with Gasteiger partial charge in [-0.3, -0.25) is 9.69 Å². The Balaban J connectivity index is 1.20. The molecule has 2 amide bonds. The van der Waals surface area contributed by atoms with E-state index < -0.39 is 23.5 Å². The predicted molar refractivity (Wildman–Crippen MR) is 151 cm³/mol. The Morgan fingerprint density at radius 3 is 2.41 bits per heavy atom. The first-order valence-electron chi connectivity index (χ1n) is 14.1. The number of amides is 2. The maximum absolute atomic E-state index is 13.5. The number of fused-ring (bicyclic) bond motifs is 1. The highest BCUT2D eigenvalue weighted by Gasteiger charge is 2.34. The number of nitrogens with zero attached hydrogens (tertiary/aromatic N) is 2. The van der Waals surface area contributed by atoms with E-state index in [0.717, 1.165) is 56.4 Å². The van der Waals surface area contributed by atoms with Gasteiger partial charge in [0, 0.05) is 48.9 Å². The zero-order valence-electron chi connectivity index (χ0n) is 23.0. The van der Waals surface area contributed by atoms with Crippen molar-refractivity contribution < 1.29 is 27.5 Å². The zero-order chi connectivity index (χ0) is 28.9. The minimum atomic E-state index is -1.53. The number of aromatic amines is 1. The third-order valence-electron chi connectivity index (χ3n) is 8.52. The summed E-state index contributed by atoms with van der Waals surface area (Å²) in [5.74, 6) is -3.66. The van der Waals surface area contributed by atoms with E-state index in [1.807, 2.05) is 6.07 Å². The zero-order valence-corrected chi connectivity index (χ0v) is 23.0. The average molecular weight is 569 g/mol. The number of carbonyl (C=O) groups is 2. The van der Waals surface area contributed by atoms with Crippen LogP contribution in [0.4, 0.5) is 18.0 Å². The fourth-order valence-electron chi connectivity index (χ4n) is 6.28. The highest BCUT2D eigenvalue weighted by molar-refractivity contribution is 5.91. The molecule has 3 heterocycles. The maximum Gasteiger partial charge on any atom is 0.406 e. The molecule has 0 saturated carbocycles. The second-order valence-electron chi connectivity index (χ2n) is 10.8. The molecule has 7 nitrogen and oxygen atoms in total. The first kappa shape index (κ1) is 28.7. The molecule has 1 atom stereocenters. The van der Waals surface area contributed by atoms with E-state index in [1.165, 1.54) is 30.2 Å². The lowest BCUT2D eigenvalue weighted by atomic mass is 9.84. The number of likely N-dealkylation sites (tertiary alicyclic amines) is 2. The molecule has 5 rings (SSSR count). The molecule has 2 fully saturated rings. The lowest BCUT2D eigenvalue weighted by molar-refractivity contribution is -0.127. The van der Waals surface area contributed by atoms with Gasteiger partial charge >= 0.3 is 6.09 Å². The number of hydrogen-bond donors (Lipinski definition) is 2. The molecule has 1 unspecified atom stereocenters. The molecule has 2 saturated heterocycles. The van der Waals surface area contributed by atoms with Crippen LogP contribution in [-0.2, 0) is 9.53 Å². The molecule has 0 bridgehead atoms. The minimum absolute atomic E-state index is 0.0784. The van der Waals surface area contributed by atoms with Gasteiger partial charge in [0.05, 0.1) is 7.11 Å². The van der Waals surface area contributed by atoms with E-state index in [-0.39, 0.29) is 23.4 Å². The number of rotatable bonds is 7. The van der Waals surface area contributed by atoms with Crippen LogP contribution in [0, 0.1) is 23.4 Å². The van der Waals surface area contributed by atoms with Gasteiger partial charge in [-0.1, -0.05) is 18.2 Å². The van der Waals surface area contributed by atoms with Crippen molar-refractivity contribution in [3.63, 3.8) is 0 Å². The molecular weight excluding hydrogens is 533 g/mol. The molecule has 0 spiro atoms. The van der Waals surface area contributed by atoms with Crippen molar-refractivity contribution in [2.24, 2.45) is 5.92 Å². The molecule has 3 aromatic rings. The first-order valence-corrected chi connectivity index (χ1v) is 14.1. The Hall–Kier alpha value is -3.79. The van der Waals surface area contributed by atoms with Crippen molar-refractivity contribution in [1.29, 1.82) is 0 Å². The molecule has 218 valence electrons. The summed E-state index contributed by atoms with van der Waals surface area (Å²) in [6.45, 7) is 3.33. The fourth-order valence-corrected chi connectivity index (χ4v) is 6.28. The van der Waals surface area contributed by atoms with E-state index in [2.05, 4.69) is 39.6 Å². The molecule has 0 aliphatic carbocycles. The number of alkyl carbamates (subject to hydrolysis) is 1. The van der Waals surface area contributed by atoms with Gasteiger partial charge in [-0.2, -0.15) is 0 Å². The van der Waals surface area contributed by atoms with Crippen LogP contribution in [0.25, 0.3) is 17.0 Å². The van der Waals surface area contributed by atoms with Crippen molar-refractivity contribution in [2.45, 2.75) is 37.6 Å². The smallest absolute Gasteiger partial charge is 0.406 e. The minimum Gasteiger partial charge on any atom is -0.453 e. The van der Waals surface area contributed by atoms with Crippen molar-refractivity contribution in [3.05, 3.63) is 77.2 Å². The van der Waals surface area contributed by atoms with Crippen molar-refractivity contribution in [1.82, 2.24) is 20.1 Å². The van der Waals surface area contributed by atoms with Crippen LogP contribution in [0.5, 0.6) is 0 Å². The predicted octanol–water partition coefficient (Wildman–Crippen LogP) is 5.44. The van der Waals surface area contributed by atoms with Crippen LogP contribution in [0.1, 0.15) is 42.7 Å². The average Bonchev–Trinajstić information content (AvgIpc) is 3.43. The molecule has 41 heavy (non-hydrogen) atoms. The lowest BCUT2D eigenvalue weighted by Crippen LogP contribution is -2.53. The van der Waals surface area contributed by atoms with Crippen LogP contribution < -0.4 is 5.32 Å². The van der Waals surface area contributed by atoms with Gasteiger partial charge in [-0.05, 0) is 86.0 Å². The van der Waals surface area contributed by atoms with Crippen LogP contribution in [0.15, 0.2) is 48.7 Å². The van der Waals surface area contributed by atoms with Crippen molar-refractivity contribution in [2.75, 3.05) is 39.8 Å². The summed E-state index contributed by atoms with van der Waals surface area (Å²) in [5, 5.41) is 4.16. The van der Waals surface area contributed by atoms with Crippen LogP contribution in [0.3, 0.4) is 0 Å². The highest BCUT2D eigenvalue weighted by atomic mass is 19.2. The van der Waals surface area contributed by atoms with Crippen molar-refractivity contribution in [3.8, 4) is 0 Å². The largest absolute Gasteiger partial charge is 0.453 e. The molecule has 2 N–H and O–H groups in total. The summed E-state index contributed by atoms with van der Waals surface area (Å²) >= 11 is 0.